The van der Waals surface area contributed by atoms with E-state index in [-0.39, 0.29) is 12.4 Å². The van der Waals surface area contributed by atoms with E-state index in [1.165, 1.54) is 57.8 Å². The fourth-order valence-corrected chi connectivity index (χ4v) is 6.70. The van der Waals surface area contributed by atoms with E-state index in [0.717, 1.165) is 36.2 Å². The van der Waals surface area contributed by atoms with Crippen LogP contribution in [0.15, 0.2) is 18.7 Å². The van der Waals surface area contributed by atoms with Crippen molar-refractivity contribution < 1.29 is 13.5 Å². The van der Waals surface area contributed by atoms with Crippen LogP contribution in [0.1, 0.15) is 82.3 Å². The summed E-state index contributed by atoms with van der Waals surface area (Å²) in [6.45, 7) is 6.07. The van der Waals surface area contributed by atoms with Crippen molar-refractivity contribution in [2.45, 2.75) is 84.0 Å². The molecule has 0 N–H and O–H groups in total. The zero-order valence-corrected chi connectivity index (χ0v) is 18.6. The Bertz CT molecular complexity index is 743. The highest BCUT2D eigenvalue weighted by Crippen LogP contribution is 2.49. The lowest BCUT2D eigenvalue weighted by molar-refractivity contribution is 0.0688. The highest BCUT2D eigenvalue weighted by Gasteiger charge is 2.39. The highest BCUT2D eigenvalue weighted by molar-refractivity contribution is 5.40. The molecule has 4 rings (SSSR count). The summed E-state index contributed by atoms with van der Waals surface area (Å²) in [6, 6.07) is 1.72. The van der Waals surface area contributed by atoms with Crippen LogP contribution in [0.2, 0.25) is 0 Å². The van der Waals surface area contributed by atoms with E-state index in [4.69, 9.17) is 4.74 Å². The van der Waals surface area contributed by atoms with Crippen molar-refractivity contribution in [2.24, 2.45) is 29.6 Å². The quantitative estimate of drug-likeness (QED) is 0.415. The monoisotopic (exact) mass is 416 g/mol. The molecule has 0 spiro atoms. The van der Waals surface area contributed by atoms with Gasteiger partial charge in [-0.15, -0.1) is 0 Å². The van der Waals surface area contributed by atoms with Gasteiger partial charge in [-0.1, -0.05) is 45.3 Å². The van der Waals surface area contributed by atoms with Crippen molar-refractivity contribution in [3.8, 4) is 5.75 Å². The maximum absolute atomic E-state index is 14.8. The summed E-state index contributed by atoms with van der Waals surface area (Å²) in [6.07, 6.45) is 16.5. The first-order valence-electron chi connectivity index (χ1n) is 12.3. The summed E-state index contributed by atoms with van der Waals surface area (Å²) < 4.78 is 34.7. The van der Waals surface area contributed by atoms with Crippen molar-refractivity contribution >= 4 is 0 Å². The molecule has 0 amide bonds. The van der Waals surface area contributed by atoms with Gasteiger partial charge in [0.25, 0.3) is 0 Å². The second-order valence-corrected chi connectivity index (χ2v) is 10.2. The third kappa shape index (κ3) is 4.60. The van der Waals surface area contributed by atoms with Crippen LogP contribution in [0, 0.1) is 41.2 Å². The van der Waals surface area contributed by atoms with Gasteiger partial charge >= 0.3 is 0 Å². The van der Waals surface area contributed by atoms with Crippen LogP contribution in [-0.2, 0) is 12.8 Å². The molecule has 0 heterocycles. The van der Waals surface area contributed by atoms with Crippen LogP contribution in [0.4, 0.5) is 8.78 Å². The van der Waals surface area contributed by atoms with Gasteiger partial charge in [0.1, 0.15) is 6.61 Å². The molecule has 0 bridgehead atoms. The molecule has 3 aliphatic carbocycles. The average molecular weight is 417 g/mol. The third-order valence-electron chi connectivity index (χ3n) is 8.37. The molecule has 0 aliphatic heterocycles. The molecule has 2 saturated carbocycles. The van der Waals surface area contributed by atoms with E-state index in [9.17, 15) is 8.78 Å². The van der Waals surface area contributed by atoms with Gasteiger partial charge in [0, 0.05) is 0 Å². The van der Waals surface area contributed by atoms with Crippen LogP contribution in [0.3, 0.4) is 0 Å². The molecule has 0 saturated heterocycles. The van der Waals surface area contributed by atoms with E-state index < -0.39 is 11.6 Å². The van der Waals surface area contributed by atoms with Gasteiger partial charge in [-0.2, -0.15) is 4.39 Å². The Labute approximate surface area is 181 Å². The largest absolute Gasteiger partial charge is 0.486 e. The number of halogens is 2. The minimum atomic E-state index is -0.828. The lowest BCUT2D eigenvalue weighted by Crippen LogP contribution is -2.35. The molecule has 0 aromatic heterocycles. The van der Waals surface area contributed by atoms with Crippen molar-refractivity contribution in [3.05, 3.63) is 41.5 Å². The summed E-state index contributed by atoms with van der Waals surface area (Å²) >= 11 is 0. The maximum Gasteiger partial charge on any atom is 0.200 e. The normalized spacial score (nSPS) is 31.0. The summed E-state index contributed by atoms with van der Waals surface area (Å²) in [5, 5.41) is 0. The first-order valence-corrected chi connectivity index (χ1v) is 12.3. The zero-order chi connectivity index (χ0) is 21.1. The van der Waals surface area contributed by atoms with Crippen molar-refractivity contribution in [3.63, 3.8) is 0 Å². The molecule has 1 aromatic rings. The molecule has 5 unspecified atom stereocenters. The molecule has 3 heteroatoms. The molecular weight excluding hydrogens is 378 g/mol. The van der Waals surface area contributed by atoms with Crippen LogP contribution in [0.5, 0.6) is 5.75 Å². The number of hydrogen-bond donors (Lipinski definition) is 0. The van der Waals surface area contributed by atoms with E-state index in [0.29, 0.717) is 23.8 Å². The number of hydrogen-bond acceptors (Lipinski definition) is 1. The predicted molar refractivity (Wildman–Crippen MR) is 119 cm³/mol. The second-order valence-electron chi connectivity index (χ2n) is 10.2. The van der Waals surface area contributed by atoms with Crippen molar-refractivity contribution in [1.82, 2.24) is 0 Å². The van der Waals surface area contributed by atoms with Crippen LogP contribution >= 0.6 is 0 Å². The summed E-state index contributed by atoms with van der Waals surface area (Å²) in [7, 11) is 0. The van der Waals surface area contributed by atoms with Crippen molar-refractivity contribution in [2.75, 3.05) is 6.61 Å². The molecule has 5 atom stereocenters. The molecular formula is C27H38F2O. The molecule has 30 heavy (non-hydrogen) atoms. The third-order valence-corrected chi connectivity index (χ3v) is 8.37. The van der Waals surface area contributed by atoms with E-state index in [2.05, 4.69) is 13.5 Å². The van der Waals surface area contributed by atoms with Gasteiger partial charge in [-0.25, -0.2) is 4.39 Å². The Morgan fingerprint density at radius 2 is 1.73 bits per heavy atom. The number of benzene rings is 1. The smallest absolute Gasteiger partial charge is 0.200 e. The SMILES string of the molecule is C=CCOc1cc2c(c(F)c1F)CC(C1CCC3CC(CCCC)CCC3C1)CC2. The molecule has 0 radical (unpaired) electrons. The Morgan fingerprint density at radius 3 is 2.50 bits per heavy atom. The maximum atomic E-state index is 14.8. The first-order chi connectivity index (χ1) is 14.6. The minimum absolute atomic E-state index is 0.0324. The topological polar surface area (TPSA) is 9.23 Å². The van der Waals surface area contributed by atoms with E-state index in [1.54, 1.807) is 12.1 Å². The number of ether oxygens (including phenoxy) is 1. The lowest BCUT2D eigenvalue weighted by Gasteiger charge is -2.45. The van der Waals surface area contributed by atoms with Gasteiger partial charge in [-0.05, 0) is 98.1 Å². The lowest BCUT2D eigenvalue weighted by atomic mass is 9.61. The molecule has 1 aromatic carbocycles. The molecule has 2 fully saturated rings. The predicted octanol–water partition coefficient (Wildman–Crippen LogP) is 7.66. The summed E-state index contributed by atoms with van der Waals surface area (Å²) in [4.78, 5) is 0. The Morgan fingerprint density at radius 1 is 1.00 bits per heavy atom. The van der Waals surface area contributed by atoms with Crippen LogP contribution < -0.4 is 4.74 Å². The summed E-state index contributed by atoms with van der Waals surface area (Å²) in [5.41, 5.74) is 1.55. The van der Waals surface area contributed by atoms with Crippen molar-refractivity contribution in [1.29, 1.82) is 0 Å². The van der Waals surface area contributed by atoms with E-state index in [1.807, 2.05) is 0 Å². The Kier molecular flexibility index (Phi) is 7.16. The Hall–Kier alpha value is -1.38. The van der Waals surface area contributed by atoms with Gasteiger partial charge in [0.05, 0.1) is 0 Å². The first kappa shape index (κ1) is 21.8. The fraction of sp³-hybridized carbons (Fsp3) is 0.704. The highest BCUT2D eigenvalue weighted by atomic mass is 19.2. The number of rotatable bonds is 7. The minimum Gasteiger partial charge on any atom is -0.486 e. The standard InChI is InChI=1S/C27H38F2O/c1-3-5-6-18-7-8-20-15-21(10-9-19(20)14-18)22-11-12-23-17-25(30-13-4-2)27(29)26(28)24(23)16-22/h4,17-22H,2-3,5-16H2,1H3. The van der Waals surface area contributed by atoms with Gasteiger partial charge in [0.2, 0.25) is 5.82 Å². The molecule has 1 nitrogen and oxygen atoms in total. The molecule has 166 valence electrons. The van der Waals surface area contributed by atoms with E-state index >= 15 is 0 Å². The number of aryl methyl sites for hydroxylation is 1. The number of fused-ring (bicyclic) bond motifs is 2. The average Bonchev–Trinajstić information content (AvgIpc) is 2.78. The Balaban J connectivity index is 1.39. The summed E-state index contributed by atoms with van der Waals surface area (Å²) in [5.74, 6) is 2.47. The number of unbranched alkanes of at least 4 members (excludes halogenated alkanes) is 1. The molecule has 3 aliphatic rings. The van der Waals surface area contributed by atoms with Crippen LogP contribution in [0.25, 0.3) is 0 Å². The van der Waals surface area contributed by atoms with Gasteiger partial charge < -0.3 is 4.74 Å². The second kappa shape index (κ2) is 9.83. The fourth-order valence-electron chi connectivity index (χ4n) is 6.70. The van der Waals surface area contributed by atoms with Gasteiger partial charge in [-0.3, -0.25) is 0 Å². The zero-order valence-electron chi connectivity index (χ0n) is 18.6. The van der Waals surface area contributed by atoms with Crippen LogP contribution in [-0.4, -0.2) is 6.61 Å². The van der Waals surface area contributed by atoms with Gasteiger partial charge in [0.15, 0.2) is 11.6 Å².